The zero-order chi connectivity index (χ0) is 11.3. The molecule has 0 aliphatic carbocycles. The van der Waals surface area contributed by atoms with E-state index in [2.05, 4.69) is 11.9 Å². The van der Waals surface area contributed by atoms with Gasteiger partial charge in [-0.25, -0.2) is 0 Å². The quantitative estimate of drug-likeness (QED) is 0.711. The van der Waals surface area contributed by atoms with Gasteiger partial charge < -0.3 is 9.80 Å². The van der Waals surface area contributed by atoms with Gasteiger partial charge in [0.05, 0.1) is 0 Å². The van der Waals surface area contributed by atoms with Crippen molar-refractivity contribution < 1.29 is 4.79 Å². The highest BCUT2D eigenvalue weighted by Crippen LogP contribution is 2.15. The number of carbonyl (C=O) groups is 1. The molecule has 15 heavy (non-hydrogen) atoms. The molecule has 1 saturated heterocycles. The van der Waals surface area contributed by atoms with Gasteiger partial charge in [-0.2, -0.15) is 11.8 Å². The lowest BCUT2D eigenvalue weighted by atomic mass is 10.2. The van der Waals surface area contributed by atoms with E-state index in [9.17, 15) is 4.79 Å². The Morgan fingerprint density at radius 3 is 2.87 bits per heavy atom. The second-order valence-electron chi connectivity index (χ2n) is 4.29. The maximum atomic E-state index is 11.7. The molecule has 1 aliphatic rings. The molecule has 0 aromatic rings. The van der Waals surface area contributed by atoms with Crippen molar-refractivity contribution >= 4 is 17.7 Å². The van der Waals surface area contributed by atoms with E-state index >= 15 is 0 Å². The van der Waals surface area contributed by atoms with Gasteiger partial charge in [0, 0.05) is 31.8 Å². The first kappa shape index (κ1) is 12.8. The number of amides is 1. The van der Waals surface area contributed by atoms with E-state index < -0.39 is 0 Å². The molecule has 0 N–H and O–H groups in total. The normalized spacial score (nSPS) is 21.9. The van der Waals surface area contributed by atoms with E-state index in [1.807, 2.05) is 18.2 Å². The number of hydrogen-bond acceptors (Lipinski definition) is 3. The Labute approximate surface area is 97.2 Å². The van der Waals surface area contributed by atoms with E-state index in [4.69, 9.17) is 0 Å². The second kappa shape index (κ2) is 6.38. The third-order valence-corrected chi connectivity index (χ3v) is 3.71. The minimum atomic E-state index is 0.282. The van der Waals surface area contributed by atoms with Gasteiger partial charge in [-0.05, 0) is 32.7 Å². The van der Waals surface area contributed by atoms with Crippen molar-refractivity contribution in [1.82, 2.24) is 9.80 Å². The summed E-state index contributed by atoms with van der Waals surface area (Å²) in [7, 11) is 4.08. The summed E-state index contributed by atoms with van der Waals surface area (Å²) in [5.74, 6) is 1.22. The Morgan fingerprint density at radius 1 is 1.60 bits per heavy atom. The number of rotatable bonds is 5. The average molecular weight is 230 g/mol. The molecule has 0 saturated carbocycles. The highest BCUT2D eigenvalue weighted by Gasteiger charge is 2.23. The van der Waals surface area contributed by atoms with Crippen molar-refractivity contribution in [1.29, 1.82) is 0 Å². The van der Waals surface area contributed by atoms with Crippen LogP contribution in [0.4, 0.5) is 0 Å². The van der Waals surface area contributed by atoms with E-state index in [0.717, 1.165) is 12.3 Å². The van der Waals surface area contributed by atoms with Gasteiger partial charge >= 0.3 is 0 Å². The number of nitrogens with zero attached hydrogens (tertiary/aromatic N) is 2. The Bertz CT molecular complexity index is 211. The summed E-state index contributed by atoms with van der Waals surface area (Å²) < 4.78 is 0. The summed E-state index contributed by atoms with van der Waals surface area (Å²) >= 11 is 1.73. The van der Waals surface area contributed by atoms with Crippen molar-refractivity contribution in [2.45, 2.75) is 25.3 Å². The van der Waals surface area contributed by atoms with Crippen LogP contribution in [0.15, 0.2) is 0 Å². The van der Waals surface area contributed by atoms with Crippen molar-refractivity contribution in [2.24, 2.45) is 0 Å². The molecule has 1 amide bonds. The first-order chi connectivity index (χ1) is 7.15. The minimum Gasteiger partial charge on any atom is -0.344 e. The smallest absolute Gasteiger partial charge is 0.223 e. The Morgan fingerprint density at radius 2 is 2.33 bits per heavy atom. The van der Waals surface area contributed by atoms with E-state index in [1.165, 1.54) is 19.4 Å². The first-order valence-electron chi connectivity index (χ1n) is 5.58. The lowest BCUT2D eigenvalue weighted by Gasteiger charge is -2.25. The lowest BCUT2D eigenvalue weighted by molar-refractivity contribution is -0.130. The molecule has 3 nitrogen and oxygen atoms in total. The number of likely N-dealkylation sites (N-methyl/N-ethyl adjacent to an activating group) is 2. The highest BCUT2D eigenvalue weighted by molar-refractivity contribution is 7.98. The van der Waals surface area contributed by atoms with Gasteiger partial charge in [-0.3, -0.25) is 4.79 Å². The summed E-state index contributed by atoms with van der Waals surface area (Å²) in [6.45, 7) is 2.07. The maximum absolute atomic E-state index is 11.7. The molecule has 1 atom stereocenters. The van der Waals surface area contributed by atoms with Crippen LogP contribution in [0.25, 0.3) is 0 Å². The Balaban J connectivity index is 2.27. The fraction of sp³-hybridized carbons (Fsp3) is 0.909. The van der Waals surface area contributed by atoms with Crippen LogP contribution in [-0.4, -0.2) is 60.9 Å². The van der Waals surface area contributed by atoms with Crippen molar-refractivity contribution in [3.05, 3.63) is 0 Å². The minimum absolute atomic E-state index is 0.282. The Hall–Kier alpha value is -0.220. The molecule has 1 aliphatic heterocycles. The van der Waals surface area contributed by atoms with E-state index in [-0.39, 0.29) is 5.91 Å². The third-order valence-electron chi connectivity index (χ3n) is 3.10. The van der Waals surface area contributed by atoms with Crippen molar-refractivity contribution in [3.8, 4) is 0 Å². The summed E-state index contributed by atoms with van der Waals surface area (Å²) in [5.41, 5.74) is 0. The molecule has 4 heteroatoms. The SMILES string of the molecule is CSCCC(=O)N(C)CC1CCCN1C. The molecule has 1 unspecified atom stereocenters. The standard InChI is InChI=1S/C11H22N2OS/c1-12-7-4-5-10(12)9-13(2)11(14)6-8-15-3/h10H,4-9H2,1-3H3. The molecule has 1 fully saturated rings. The Kier molecular flexibility index (Phi) is 5.47. The van der Waals surface area contributed by atoms with E-state index in [1.54, 1.807) is 11.8 Å². The van der Waals surface area contributed by atoms with Crippen molar-refractivity contribution in [2.75, 3.05) is 39.2 Å². The fourth-order valence-electron chi connectivity index (χ4n) is 2.01. The maximum Gasteiger partial charge on any atom is 0.223 e. The van der Waals surface area contributed by atoms with Gasteiger partial charge in [-0.15, -0.1) is 0 Å². The van der Waals surface area contributed by atoms with Crippen LogP contribution >= 0.6 is 11.8 Å². The number of hydrogen-bond donors (Lipinski definition) is 0. The predicted molar refractivity (Wildman–Crippen MR) is 66.3 cm³/mol. The molecular formula is C11H22N2OS. The number of likely N-dealkylation sites (tertiary alicyclic amines) is 1. The number of carbonyl (C=O) groups excluding carboxylic acids is 1. The molecule has 0 bridgehead atoms. The molecule has 1 rings (SSSR count). The fourth-order valence-corrected chi connectivity index (χ4v) is 2.39. The largest absolute Gasteiger partial charge is 0.344 e. The molecule has 0 aromatic carbocycles. The van der Waals surface area contributed by atoms with Crippen molar-refractivity contribution in [3.63, 3.8) is 0 Å². The van der Waals surface area contributed by atoms with Gasteiger partial charge in [0.15, 0.2) is 0 Å². The topological polar surface area (TPSA) is 23.6 Å². The monoisotopic (exact) mass is 230 g/mol. The van der Waals surface area contributed by atoms with Crippen LogP contribution in [0.5, 0.6) is 0 Å². The molecule has 1 heterocycles. The zero-order valence-corrected chi connectivity index (χ0v) is 10.8. The van der Waals surface area contributed by atoms with Gasteiger partial charge in [0.2, 0.25) is 5.91 Å². The predicted octanol–water partition coefficient (Wildman–Crippen LogP) is 1.29. The lowest BCUT2D eigenvalue weighted by Crippen LogP contribution is -2.39. The van der Waals surface area contributed by atoms with Gasteiger partial charge in [0.25, 0.3) is 0 Å². The molecule has 0 aromatic heterocycles. The summed E-state index contributed by atoms with van der Waals surface area (Å²) in [6, 6.07) is 0.577. The van der Waals surface area contributed by atoms with Gasteiger partial charge in [0.1, 0.15) is 0 Å². The second-order valence-corrected chi connectivity index (χ2v) is 5.28. The van der Waals surface area contributed by atoms with Crippen LogP contribution in [-0.2, 0) is 4.79 Å². The molecule has 88 valence electrons. The molecule has 0 radical (unpaired) electrons. The average Bonchev–Trinajstić information content (AvgIpc) is 2.61. The zero-order valence-electron chi connectivity index (χ0n) is 10.0. The summed E-state index contributed by atoms with van der Waals surface area (Å²) in [5, 5.41) is 0. The third kappa shape index (κ3) is 4.03. The molecular weight excluding hydrogens is 208 g/mol. The van der Waals surface area contributed by atoms with E-state index in [0.29, 0.717) is 12.5 Å². The number of thioether (sulfide) groups is 1. The first-order valence-corrected chi connectivity index (χ1v) is 6.97. The highest BCUT2D eigenvalue weighted by atomic mass is 32.2. The van der Waals surface area contributed by atoms with Gasteiger partial charge in [-0.1, -0.05) is 0 Å². The summed E-state index contributed by atoms with van der Waals surface area (Å²) in [4.78, 5) is 15.9. The van der Waals surface area contributed by atoms with Crippen LogP contribution in [0.2, 0.25) is 0 Å². The summed E-state index contributed by atoms with van der Waals surface area (Å²) in [6.07, 6.45) is 5.22. The van der Waals surface area contributed by atoms with Crippen LogP contribution in [0, 0.1) is 0 Å². The van der Waals surface area contributed by atoms with Crippen LogP contribution in [0.3, 0.4) is 0 Å². The molecule has 0 spiro atoms. The van der Waals surface area contributed by atoms with Crippen LogP contribution < -0.4 is 0 Å². The van der Waals surface area contributed by atoms with Crippen LogP contribution in [0.1, 0.15) is 19.3 Å².